The lowest BCUT2D eigenvalue weighted by Gasteiger charge is -2.28. The van der Waals surface area contributed by atoms with Gasteiger partial charge in [-0.2, -0.15) is 0 Å². The van der Waals surface area contributed by atoms with Crippen molar-refractivity contribution >= 4 is 60.7 Å². The molecule has 3 heteroatoms. The number of fused-ring (bicyclic) bond motifs is 6. The second-order valence-corrected chi connectivity index (χ2v) is 16.0. The number of aromatic nitrogens is 2. The highest BCUT2D eigenvalue weighted by molar-refractivity contribution is 6.17. The summed E-state index contributed by atoms with van der Waals surface area (Å²) in [6.07, 6.45) is 0. The first-order chi connectivity index (χ1) is 32.3. The van der Waals surface area contributed by atoms with Crippen LogP contribution >= 0.6 is 0 Å². The van der Waals surface area contributed by atoms with Gasteiger partial charge in [-0.25, -0.2) is 0 Å². The van der Waals surface area contributed by atoms with Gasteiger partial charge in [0.05, 0.1) is 27.8 Å². The number of para-hydroxylation sites is 1. The molecule has 0 aliphatic heterocycles. The van der Waals surface area contributed by atoms with Crippen LogP contribution in [-0.4, -0.2) is 9.55 Å². The van der Waals surface area contributed by atoms with Crippen LogP contribution in [0.1, 0.15) is 13.8 Å². The number of nitrogens with one attached hydrogen (secondary N) is 1. The predicted molar refractivity (Wildman–Crippen MR) is 276 cm³/mol. The van der Waals surface area contributed by atoms with Crippen molar-refractivity contribution < 1.29 is 0 Å². The van der Waals surface area contributed by atoms with Crippen LogP contribution in [0.5, 0.6) is 0 Å². The van der Waals surface area contributed by atoms with Gasteiger partial charge in [0.25, 0.3) is 0 Å². The summed E-state index contributed by atoms with van der Waals surface area (Å²) in [4.78, 5) is 6.15. The molecule has 65 heavy (non-hydrogen) atoms. The van der Waals surface area contributed by atoms with Crippen LogP contribution in [0.25, 0.3) is 93.8 Å². The third-order valence-electron chi connectivity index (χ3n) is 12.4. The maximum atomic E-state index is 3.75. The Morgan fingerprint density at radius 2 is 1.00 bits per heavy atom. The molecule has 0 aliphatic carbocycles. The zero-order valence-electron chi connectivity index (χ0n) is 36.3. The van der Waals surface area contributed by atoms with Gasteiger partial charge >= 0.3 is 0 Å². The van der Waals surface area contributed by atoms with Crippen molar-refractivity contribution in [3.8, 4) is 50.2 Å². The Morgan fingerprint density at radius 3 is 1.66 bits per heavy atom. The van der Waals surface area contributed by atoms with E-state index in [2.05, 4.69) is 251 Å². The molecule has 0 fully saturated rings. The average Bonchev–Trinajstić information content (AvgIpc) is 3.94. The van der Waals surface area contributed by atoms with Crippen molar-refractivity contribution in [2.75, 3.05) is 4.90 Å². The second-order valence-electron chi connectivity index (χ2n) is 16.0. The summed E-state index contributed by atoms with van der Waals surface area (Å²) in [6, 6.07) is 89.4. The Labute approximate surface area is 380 Å². The van der Waals surface area contributed by atoms with E-state index < -0.39 is 0 Å². The third kappa shape index (κ3) is 6.99. The predicted octanol–water partition coefficient (Wildman–Crippen LogP) is 17.2. The highest BCUT2D eigenvalue weighted by Gasteiger charge is 2.23. The van der Waals surface area contributed by atoms with Crippen LogP contribution in [0, 0.1) is 12.1 Å². The molecule has 3 nitrogen and oxygen atoms in total. The molecule has 0 aliphatic rings. The maximum Gasteiger partial charge on any atom is 0.0981 e. The first-order valence-corrected chi connectivity index (χ1v) is 22.4. The summed E-state index contributed by atoms with van der Waals surface area (Å²) in [5, 5.41) is 4.75. The van der Waals surface area contributed by atoms with Gasteiger partial charge in [0.2, 0.25) is 0 Å². The molecule has 2 aromatic heterocycles. The molecule has 12 rings (SSSR count). The Morgan fingerprint density at radius 1 is 0.431 bits per heavy atom. The molecular weight excluding hydrogens is 787 g/mol. The van der Waals surface area contributed by atoms with E-state index in [1.54, 1.807) is 0 Å². The standard InChI is InChI=1S/C60H39N3.C2H6/c1-5-16-41(17-6-1)43-28-33-48(34-29-43)62(57-39-37-52-51-24-13-14-26-54(51)61-60(52)58(57)45-20-9-3-10-21-45)49-35-30-44(31-36-49)50-25-15-27-56-59(50)53-40-46(42-18-7-2-8-19-42)32-38-55(53)63(56)47-22-11-4-12-23-47;1-2/h1-13,15-25,27-40,61H;1-2H3. The number of nitrogens with zero attached hydrogens (tertiary/aromatic N) is 2. The highest BCUT2D eigenvalue weighted by atomic mass is 15.1. The lowest BCUT2D eigenvalue weighted by Crippen LogP contribution is -2.11. The second kappa shape index (κ2) is 16.9. The van der Waals surface area contributed by atoms with Crippen LogP contribution in [0.4, 0.5) is 17.1 Å². The molecule has 12 aromatic rings. The van der Waals surface area contributed by atoms with E-state index in [1.165, 1.54) is 49.6 Å². The van der Waals surface area contributed by atoms with E-state index in [1.807, 2.05) is 19.9 Å². The SMILES string of the molecule is CC.c1ccc2c(c#1)[nH]c1c(-c3ccccc3)c(N(c3ccc(-c4ccccc4)cc3)c3ccc(-c4cccc5c4c4cc(-c6ccccc6)ccc4n5-c4ccccc4)cc3)ccc12. The fourth-order valence-corrected chi connectivity index (χ4v) is 9.49. The Kier molecular flexibility index (Phi) is 10.2. The van der Waals surface area contributed by atoms with Gasteiger partial charge in [-0.15, -0.1) is 0 Å². The van der Waals surface area contributed by atoms with E-state index in [4.69, 9.17) is 0 Å². The van der Waals surface area contributed by atoms with Gasteiger partial charge in [0.1, 0.15) is 0 Å². The van der Waals surface area contributed by atoms with Crippen molar-refractivity contribution in [1.82, 2.24) is 9.55 Å². The summed E-state index contributed by atoms with van der Waals surface area (Å²) >= 11 is 0. The first-order valence-electron chi connectivity index (χ1n) is 22.4. The summed E-state index contributed by atoms with van der Waals surface area (Å²) < 4.78 is 2.40. The van der Waals surface area contributed by atoms with Gasteiger partial charge < -0.3 is 14.5 Å². The molecule has 2 heterocycles. The topological polar surface area (TPSA) is 24.0 Å². The monoisotopic (exact) mass is 831 g/mol. The highest BCUT2D eigenvalue weighted by Crippen LogP contribution is 2.47. The first kappa shape index (κ1) is 39.3. The Balaban J connectivity index is 0.00000231. The van der Waals surface area contributed by atoms with E-state index in [9.17, 15) is 0 Å². The molecule has 0 unspecified atom stereocenters. The lowest BCUT2D eigenvalue weighted by atomic mass is 9.96. The van der Waals surface area contributed by atoms with Gasteiger partial charge in [-0.3, -0.25) is 0 Å². The van der Waals surface area contributed by atoms with Gasteiger partial charge in [-0.1, -0.05) is 178 Å². The van der Waals surface area contributed by atoms with Crippen LogP contribution in [-0.2, 0) is 0 Å². The van der Waals surface area contributed by atoms with Crippen molar-refractivity contribution in [3.05, 3.63) is 243 Å². The molecule has 0 saturated carbocycles. The number of rotatable bonds is 8. The number of aromatic amines is 1. The van der Waals surface area contributed by atoms with E-state index >= 15 is 0 Å². The summed E-state index contributed by atoms with van der Waals surface area (Å²) in [5.41, 5.74) is 18.1. The van der Waals surface area contributed by atoms with Crippen LogP contribution < -0.4 is 4.90 Å². The zero-order valence-corrected chi connectivity index (χ0v) is 36.3. The Bertz CT molecular complexity index is 3570. The smallest absolute Gasteiger partial charge is 0.0981 e. The minimum absolute atomic E-state index is 0.948. The fourth-order valence-electron chi connectivity index (χ4n) is 9.49. The molecule has 0 atom stereocenters. The van der Waals surface area contributed by atoms with E-state index in [-0.39, 0.29) is 0 Å². The van der Waals surface area contributed by atoms with E-state index in [0.717, 1.165) is 61.2 Å². The number of hydrogen-bond donors (Lipinski definition) is 1. The number of anilines is 3. The van der Waals surface area contributed by atoms with Crippen LogP contribution in [0.2, 0.25) is 0 Å². The van der Waals surface area contributed by atoms with Crippen molar-refractivity contribution in [2.24, 2.45) is 0 Å². The van der Waals surface area contributed by atoms with Crippen LogP contribution in [0.3, 0.4) is 0 Å². The fraction of sp³-hybridized carbons (Fsp3) is 0.0323. The van der Waals surface area contributed by atoms with Gasteiger partial charge in [0, 0.05) is 44.2 Å². The van der Waals surface area contributed by atoms with Gasteiger partial charge in [0.15, 0.2) is 0 Å². The number of hydrogen-bond acceptors (Lipinski definition) is 1. The quantitative estimate of drug-likeness (QED) is 0.162. The molecule has 10 aromatic carbocycles. The molecule has 0 radical (unpaired) electrons. The average molecular weight is 832 g/mol. The minimum atomic E-state index is 0.948. The zero-order chi connectivity index (χ0) is 43.7. The third-order valence-corrected chi connectivity index (χ3v) is 12.4. The molecule has 0 saturated heterocycles. The van der Waals surface area contributed by atoms with Crippen molar-refractivity contribution in [3.63, 3.8) is 0 Å². The van der Waals surface area contributed by atoms with Crippen LogP contribution in [0.15, 0.2) is 231 Å². The molecule has 0 spiro atoms. The molecule has 0 bridgehead atoms. The largest absolute Gasteiger partial charge is 0.347 e. The molecule has 0 amide bonds. The Hall–Kier alpha value is -8.58. The summed E-state index contributed by atoms with van der Waals surface area (Å²) in [7, 11) is 0. The summed E-state index contributed by atoms with van der Waals surface area (Å²) in [5.74, 6) is 0. The summed E-state index contributed by atoms with van der Waals surface area (Å²) in [6.45, 7) is 4.00. The van der Waals surface area contributed by atoms with Crippen molar-refractivity contribution in [2.45, 2.75) is 13.8 Å². The number of H-pyrrole nitrogens is 1. The molecular formula is C62H45N3. The normalized spacial score (nSPS) is 11.1. The van der Waals surface area contributed by atoms with E-state index in [0.29, 0.717) is 0 Å². The number of benzene rings is 9. The molecule has 308 valence electrons. The van der Waals surface area contributed by atoms with Crippen molar-refractivity contribution in [1.29, 1.82) is 0 Å². The van der Waals surface area contributed by atoms with Gasteiger partial charge in [-0.05, 0) is 118 Å². The lowest BCUT2D eigenvalue weighted by molar-refractivity contribution is 1.18. The molecule has 1 N–H and O–H groups in total. The maximum absolute atomic E-state index is 3.75. The minimum Gasteiger partial charge on any atom is -0.347 e.